The number of carbonyl (C=O) groups is 2. The van der Waals surface area contributed by atoms with Crippen LogP contribution in [-0.4, -0.2) is 48.7 Å². The Bertz CT molecular complexity index is 988. The molecule has 7 nitrogen and oxygen atoms in total. The predicted octanol–water partition coefficient (Wildman–Crippen LogP) is 2.71. The van der Waals surface area contributed by atoms with Gasteiger partial charge < -0.3 is 9.30 Å². The van der Waals surface area contributed by atoms with E-state index in [1.165, 1.54) is 28.6 Å². The summed E-state index contributed by atoms with van der Waals surface area (Å²) in [5.41, 5.74) is 2.32. The van der Waals surface area contributed by atoms with Gasteiger partial charge in [0.15, 0.2) is 6.61 Å². The largest absolute Gasteiger partial charge is 0.454 e. The molecule has 0 amide bonds. The molecule has 0 N–H and O–H groups in total. The maximum absolute atomic E-state index is 12.6. The molecule has 0 radical (unpaired) electrons. The van der Waals surface area contributed by atoms with Crippen molar-refractivity contribution in [2.24, 2.45) is 7.05 Å². The highest BCUT2D eigenvalue weighted by Gasteiger charge is 2.23. The number of esters is 1. The molecule has 1 aromatic carbocycles. The van der Waals surface area contributed by atoms with Crippen LogP contribution in [-0.2, 0) is 21.8 Å². The summed E-state index contributed by atoms with van der Waals surface area (Å²) < 4.78 is 33.5. The predicted molar refractivity (Wildman–Crippen MR) is 106 cm³/mol. The van der Waals surface area contributed by atoms with Crippen molar-refractivity contribution in [1.82, 2.24) is 8.87 Å². The summed E-state index contributed by atoms with van der Waals surface area (Å²) in [6.45, 7) is 7.46. The lowest BCUT2D eigenvalue weighted by atomic mass is 10.1. The number of carbonyl (C=O) groups excluding carboxylic acids is 2. The number of ether oxygens (including phenoxy) is 1. The monoisotopic (exact) mass is 406 g/mol. The minimum Gasteiger partial charge on any atom is -0.454 e. The van der Waals surface area contributed by atoms with Crippen molar-refractivity contribution in [2.75, 3.05) is 19.7 Å². The molecule has 152 valence electrons. The third-order valence-electron chi connectivity index (χ3n) is 4.82. The second-order valence-corrected chi connectivity index (χ2v) is 8.40. The molecule has 8 heteroatoms. The zero-order chi connectivity index (χ0) is 21.1. The van der Waals surface area contributed by atoms with Gasteiger partial charge in [0.1, 0.15) is 0 Å². The van der Waals surface area contributed by atoms with Crippen molar-refractivity contribution in [3.8, 4) is 0 Å². The summed E-state index contributed by atoms with van der Waals surface area (Å²) in [5.74, 6) is -1.04. The SMILES string of the molecule is CCN(CC)S(=O)(=O)c1cccc(C(=O)OCC(=O)c2cc(C)n(C)c2C)c1. The molecule has 0 aliphatic rings. The molecule has 0 fully saturated rings. The zero-order valence-electron chi connectivity index (χ0n) is 16.9. The van der Waals surface area contributed by atoms with Gasteiger partial charge in [0.05, 0.1) is 10.5 Å². The fourth-order valence-corrected chi connectivity index (χ4v) is 4.43. The number of rotatable bonds is 8. The number of hydrogen-bond donors (Lipinski definition) is 0. The van der Waals surface area contributed by atoms with E-state index in [1.54, 1.807) is 19.9 Å². The summed E-state index contributed by atoms with van der Waals surface area (Å²) >= 11 is 0. The highest BCUT2D eigenvalue weighted by Crippen LogP contribution is 2.18. The highest BCUT2D eigenvalue weighted by atomic mass is 32.2. The number of sulfonamides is 1. The maximum Gasteiger partial charge on any atom is 0.338 e. The van der Waals surface area contributed by atoms with E-state index in [0.717, 1.165) is 11.4 Å². The minimum atomic E-state index is -3.68. The molecule has 0 spiro atoms. The van der Waals surface area contributed by atoms with Crippen LogP contribution in [0.5, 0.6) is 0 Å². The third-order valence-corrected chi connectivity index (χ3v) is 6.87. The van der Waals surface area contributed by atoms with E-state index < -0.39 is 22.6 Å². The third kappa shape index (κ3) is 4.34. The van der Waals surface area contributed by atoms with E-state index in [9.17, 15) is 18.0 Å². The maximum atomic E-state index is 12.6. The number of Topliss-reactive ketones (excluding diaryl/α,β-unsaturated/α-hetero) is 1. The van der Waals surface area contributed by atoms with Crippen molar-refractivity contribution in [3.63, 3.8) is 0 Å². The van der Waals surface area contributed by atoms with E-state index in [-0.39, 0.29) is 16.2 Å². The van der Waals surface area contributed by atoms with Crippen LogP contribution in [0.3, 0.4) is 0 Å². The Morgan fingerprint density at radius 3 is 2.29 bits per heavy atom. The summed E-state index contributed by atoms with van der Waals surface area (Å²) in [6.07, 6.45) is 0. The topological polar surface area (TPSA) is 85.7 Å². The molecule has 0 atom stereocenters. The van der Waals surface area contributed by atoms with Gasteiger partial charge in [0.2, 0.25) is 15.8 Å². The molecule has 2 aromatic rings. The molecule has 1 aromatic heterocycles. The average Bonchev–Trinajstić information content (AvgIpc) is 2.94. The van der Waals surface area contributed by atoms with Crippen molar-refractivity contribution in [2.45, 2.75) is 32.6 Å². The molecule has 0 bridgehead atoms. The van der Waals surface area contributed by atoms with Crippen LogP contribution in [0.2, 0.25) is 0 Å². The van der Waals surface area contributed by atoms with Crippen LogP contribution >= 0.6 is 0 Å². The van der Waals surface area contributed by atoms with E-state index >= 15 is 0 Å². The molecule has 0 unspecified atom stereocenters. The number of hydrogen-bond acceptors (Lipinski definition) is 5. The average molecular weight is 407 g/mol. The Hall–Kier alpha value is -2.45. The van der Waals surface area contributed by atoms with Crippen LogP contribution in [0.15, 0.2) is 35.2 Å². The molecule has 2 rings (SSSR count). The normalized spacial score (nSPS) is 11.6. The van der Waals surface area contributed by atoms with Crippen molar-refractivity contribution in [3.05, 3.63) is 52.8 Å². The van der Waals surface area contributed by atoms with Crippen molar-refractivity contribution < 1.29 is 22.7 Å². The lowest BCUT2D eigenvalue weighted by Gasteiger charge is -2.18. The number of benzene rings is 1. The first-order chi connectivity index (χ1) is 13.1. The quantitative estimate of drug-likeness (QED) is 0.497. The molecule has 0 aliphatic carbocycles. The lowest BCUT2D eigenvalue weighted by Crippen LogP contribution is -2.30. The second-order valence-electron chi connectivity index (χ2n) is 6.46. The summed E-state index contributed by atoms with van der Waals surface area (Å²) in [6, 6.07) is 7.42. The van der Waals surface area contributed by atoms with Crippen molar-refractivity contribution in [1.29, 1.82) is 0 Å². The van der Waals surface area contributed by atoms with Gasteiger partial charge in [-0.3, -0.25) is 4.79 Å². The highest BCUT2D eigenvalue weighted by molar-refractivity contribution is 7.89. The fourth-order valence-electron chi connectivity index (χ4n) is 2.93. The molecule has 1 heterocycles. The van der Waals surface area contributed by atoms with Crippen LogP contribution < -0.4 is 0 Å². The standard InChI is InChI=1S/C20H26N2O5S/c1-6-22(7-2)28(25,26)17-10-8-9-16(12-17)20(24)27-13-19(23)18-11-14(3)21(5)15(18)4/h8-12H,6-7,13H2,1-5H3. The second kappa shape index (κ2) is 8.70. The molecule has 28 heavy (non-hydrogen) atoms. The molecular formula is C20H26N2O5S. The lowest BCUT2D eigenvalue weighted by molar-refractivity contribution is 0.0474. The van der Waals surface area contributed by atoms with Gasteiger partial charge in [0, 0.05) is 37.1 Å². The van der Waals surface area contributed by atoms with Gasteiger partial charge in [-0.25, -0.2) is 13.2 Å². The van der Waals surface area contributed by atoms with Gasteiger partial charge >= 0.3 is 5.97 Å². The summed E-state index contributed by atoms with van der Waals surface area (Å²) in [5, 5.41) is 0. The minimum absolute atomic E-state index is 0.0199. The molecule has 0 aliphatic heterocycles. The van der Waals surface area contributed by atoms with Gasteiger partial charge in [-0.15, -0.1) is 0 Å². The number of aromatic nitrogens is 1. The Labute approximate surface area is 166 Å². The van der Waals surface area contributed by atoms with Crippen LogP contribution in [0, 0.1) is 13.8 Å². The van der Waals surface area contributed by atoms with E-state index in [1.807, 2.05) is 25.5 Å². The molecule has 0 saturated carbocycles. The summed E-state index contributed by atoms with van der Waals surface area (Å²) in [7, 11) is -1.83. The molecular weight excluding hydrogens is 380 g/mol. The Morgan fingerprint density at radius 2 is 1.75 bits per heavy atom. The Morgan fingerprint density at radius 1 is 1.11 bits per heavy atom. The van der Waals surface area contributed by atoms with Gasteiger partial charge in [-0.2, -0.15) is 4.31 Å². The van der Waals surface area contributed by atoms with Crippen LogP contribution in [0.25, 0.3) is 0 Å². The van der Waals surface area contributed by atoms with Crippen LogP contribution in [0.1, 0.15) is 46.0 Å². The van der Waals surface area contributed by atoms with E-state index in [4.69, 9.17) is 4.74 Å². The van der Waals surface area contributed by atoms with Gasteiger partial charge in [-0.05, 0) is 38.1 Å². The zero-order valence-corrected chi connectivity index (χ0v) is 17.7. The first-order valence-corrected chi connectivity index (χ1v) is 10.5. The number of nitrogens with zero attached hydrogens (tertiary/aromatic N) is 2. The fraction of sp³-hybridized carbons (Fsp3) is 0.400. The van der Waals surface area contributed by atoms with E-state index in [0.29, 0.717) is 18.7 Å². The van der Waals surface area contributed by atoms with Crippen molar-refractivity contribution >= 4 is 21.8 Å². The van der Waals surface area contributed by atoms with Gasteiger partial charge in [0.25, 0.3) is 0 Å². The summed E-state index contributed by atoms with van der Waals surface area (Å²) in [4.78, 5) is 24.7. The Kier molecular flexibility index (Phi) is 6.79. The van der Waals surface area contributed by atoms with E-state index in [2.05, 4.69) is 0 Å². The molecule has 0 saturated heterocycles. The van der Waals surface area contributed by atoms with Gasteiger partial charge in [-0.1, -0.05) is 19.9 Å². The number of ketones is 1. The first-order valence-electron chi connectivity index (χ1n) is 9.06. The first kappa shape index (κ1) is 21.8. The number of aryl methyl sites for hydroxylation is 1. The van der Waals surface area contributed by atoms with Crippen LogP contribution in [0.4, 0.5) is 0 Å². The Balaban J connectivity index is 2.15. The smallest absolute Gasteiger partial charge is 0.338 e.